The first-order valence-electron chi connectivity index (χ1n) is 21.1. The zero-order valence-electron chi connectivity index (χ0n) is 36.2. The lowest BCUT2D eigenvalue weighted by atomic mass is 10.1. The summed E-state index contributed by atoms with van der Waals surface area (Å²) >= 11 is 11.1. The summed E-state index contributed by atoms with van der Waals surface area (Å²) < 4.78 is 12.2. The van der Waals surface area contributed by atoms with Crippen molar-refractivity contribution in [1.29, 1.82) is 0 Å². The van der Waals surface area contributed by atoms with Gasteiger partial charge in [-0.2, -0.15) is 0 Å². The molecule has 0 saturated carbocycles. The first kappa shape index (κ1) is 46.8. The summed E-state index contributed by atoms with van der Waals surface area (Å²) in [4.78, 5) is 61.9. The van der Waals surface area contributed by atoms with Gasteiger partial charge >= 0.3 is 11.9 Å². The van der Waals surface area contributed by atoms with E-state index >= 15 is 0 Å². The number of benzene rings is 2. The lowest BCUT2D eigenvalue weighted by molar-refractivity contribution is -0.142. The fourth-order valence-corrected chi connectivity index (χ4v) is 7.71. The van der Waals surface area contributed by atoms with Crippen LogP contribution in [0, 0.1) is 0 Å². The van der Waals surface area contributed by atoms with Gasteiger partial charge in [0.25, 0.3) is 0 Å². The maximum atomic E-state index is 12.8. The van der Waals surface area contributed by atoms with Gasteiger partial charge in [-0.1, -0.05) is 47.5 Å². The number of rotatable bonds is 7. The van der Waals surface area contributed by atoms with Crippen LogP contribution in [0.2, 0.25) is 10.2 Å². The zero-order valence-corrected chi connectivity index (χ0v) is 37.7. The maximum absolute atomic E-state index is 12.8. The Morgan fingerprint density at radius 2 is 1.51 bits per heavy atom. The molecule has 0 bridgehead atoms. The van der Waals surface area contributed by atoms with Crippen LogP contribution in [-0.2, 0) is 20.7 Å². The zero-order chi connectivity index (χ0) is 44.7. The number of esters is 2. The van der Waals surface area contributed by atoms with Gasteiger partial charge in [-0.05, 0) is 103 Å². The molecular formula is C46H54Cl2N10O5. The maximum Gasteiger partial charge on any atom is 0.341 e. The number of hydrogen-bond acceptors (Lipinski definition) is 13. The molecule has 0 amide bonds. The average Bonchev–Trinajstić information content (AvgIpc) is 3.69. The number of pyridine rings is 3. The fraction of sp³-hybridized carbons (Fsp3) is 0.370. The molecule has 0 unspecified atom stereocenters. The third-order valence-corrected chi connectivity index (χ3v) is 11.1. The number of H-pyrrole nitrogens is 1. The molecule has 7 heterocycles. The first-order chi connectivity index (χ1) is 30.6. The smallest absolute Gasteiger partial charge is 0.341 e. The lowest BCUT2D eigenvalue weighted by Gasteiger charge is -2.24. The van der Waals surface area contributed by atoms with Crippen LogP contribution in [-0.4, -0.2) is 137 Å². The van der Waals surface area contributed by atoms with E-state index in [0.29, 0.717) is 41.6 Å². The number of nitrogens with one attached hydrogen (secondary N) is 2. The third-order valence-electron chi connectivity index (χ3n) is 10.4. The standard InChI is InChI=1S/C23H25N5O2.C11H12N2O2.C6H3Cl2NO.C6H14N2/c1-3-30-23(29)17-15-16-19(27-12-6-11-26(2)13-14-27)9-10-24-21(16)28-20-8-5-4-7-18(20)25-22(17)28;1-2-15-11(14)7-10-12-8-5-3-4-6-9(8)13-10;7-5-1-2-9-6(8)4(5)3-10;1-8-5-2-3-7-4-6-8/h4-5,7-10,15H,3,6,11-14H2,1-2H3;3-6H,2,7H2,1H3,(H,12,13);1-3H;7H,2-6H2,1H3. The van der Waals surface area contributed by atoms with Crippen molar-refractivity contribution in [3.8, 4) is 0 Å². The van der Waals surface area contributed by atoms with Crippen LogP contribution in [0.4, 0.5) is 5.69 Å². The van der Waals surface area contributed by atoms with Gasteiger partial charge in [-0.25, -0.2) is 24.7 Å². The number of carbonyl (C=O) groups excluding carboxylic acids is 3. The fourth-order valence-electron chi connectivity index (χ4n) is 7.27. The van der Waals surface area contributed by atoms with E-state index in [1.807, 2.05) is 78.2 Å². The highest BCUT2D eigenvalue weighted by atomic mass is 35.5. The molecule has 9 rings (SSSR count). The van der Waals surface area contributed by atoms with Gasteiger partial charge < -0.3 is 34.5 Å². The van der Waals surface area contributed by atoms with Crippen molar-refractivity contribution >= 4 is 85.9 Å². The van der Waals surface area contributed by atoms with Crippen LogP contribution in [0.3, 0.4) is 0 Å². The number of para-hydroxylation sites is 4. The molecule has 2 N–H and O–H groups in total. The number of aldehydes is 1. The van der Waals surface area contributed by atoms with Gasteiger partial charge in [0.15, 0.2) is 11.9 Å². The Kier molecular flexibility index (Phi) is 17.2. The van der Waals surface area contributed by atoms with Crippen molar-refractivity contribution in [2.45, 2.75) is 33.1 Å². The summed E-state index contributed by atoms with van der Waals surface area (Å²) in [7, 11) is 4.33. The predicted octanol–water partition coefficient (Wildman–Crippen LogP) is 7.14. The largest absolute Gasteiger partial charge is 0.466 e. The lowest BCUT2D eigenvalue weighted by Crippen LogP contribution is -2.29. The second-order valence-electron chi connectivity index (χ2n) is 15.0. The number of ether oxygens (including phenoxy) is 2. The number of imidazole rings is 2. The third kappa shape index (κ3) is 12.3. The van der Waals surface area contributed by atoms with Crippen LogP contribution in [0.15, 0.2) is 79.1 Å². The van der Waals surface area contributed by atoms with E-state index in [9.17, 15) is 14.4 Å². The van der Waals surface area contributed by atoms with Crippen LogP contribution in [0.25, 0.3) is 38.7 Å². The average molecular weight is 898 g/mol. The van der Waals surface area contributed by atoms with Crippen molar-refractivity contribution in [2.75, 3.05) is 84.6 Å². The number of likely N-dealkylation sites (N-methyl/N-ethyl adjacent to an activating group) is 2. The summed E-state index contributed by atoms with van der Waals surface area (Å²) in [6.45, 7) is 13.2. The molecule has 2 aromatic carbocycles. The van der Waals surface area contributed by atoms with E-state index in [0.717, 1.165) is 77.9 Å². The number of fused-ring (bicyclic) bond motifs is 6. The minimum Gasteiger partial charge on any atom is -0.466 e. The van der Waals surface area contributed by atoms with E-state index in [4.69, 9.17) is 42.6 Å². The van der Waals surface area contributed by atoms with E-state index < -0.39 is 0 Å². The summed E-state index contributed by atoms with van der Waals surface area (Å²) in [6, 6.07) is 21.0. The topological polar surface area (TPSA) is 163 Å². The highest BCUT2D eigenvalue weighted by Crippen LogP contribution is 2.32. The molecule has 17 heteroatoms. The van der Waals surface area contributed by atoms with E-state index in [1.165, 1.54) is 38.3 Å². The minimum atomic E-state index is -0.356. The molecular weight excluding hydrogens is 843 g/mol. The predicted molar refractivity (Wildman–Crippen MR) is 249 cm³/mol. The molecule has 0 aliphatic carbocycles. The van der Waals surface area contributed by atoms with Gasteiger partial charge in [-0.3, -0.25) is 14.0 Å². The Balaban J connectivity index is 0.000000165. The minimum absolute atomic E-state index is 0.141. The Morgan fingerprint density at radius 1 is 0.778 bits per heavy atom. The van der Waals surface area contributed by atoms with Crippen LogP contribution >= 0.6 is 23.2 Å². The molecule has 5 aromatic heterocycles. The van der Waals surface area contributed by atoms with Gasteiger partial charge in [0, 0.05) is 56.2 Å². The van der Waals surface area contributed by atoms with Crippen LogP contribution in [0.1, 0.15) is 53.2 Å². The normalized spacial score (nSPS) is 14.7. The Hall–Kier alpha value is -5.71. The molecule has 7 aromatic rings. The molecule has 332 valence electrons. The van der Waals surface area contributed by atoms with Crippen LogP contribution in [0.5, 0.6) is 0 Å². The van der Waals surface area contributed by atoms with Crippen molar-refractivity contribution in [3.05, 3.63) is 106 Å². The van der Waals surface area contributed by atoms with E-state index in [2.05, 4.69) is 49.1 Å². The SMILES string of the molecule is CCOC(=O)Cc1nc2ccccc2[nH]1.CCOC(=O)c1cc2c(N3CCCN(C)CC3)ccnc2n2c1nc1ccccc12.CN1CCCNCC1.O=Cc1c(Cl)ccnc1Cl. The van der Waals surface area contributed by atoms with E-state index in [1.54, 1.807) is 6.92 Å². The second-order valence-corrected chi connectivity index (χ2v) is 15.7. The first-order valence-corrected chi connectivity index (χ1v) is 21.9. The highest BCUT2D eigenvalue weighted by molar-refractivity contribution is 6.37. The van der Waals surface area contributed by atoms with Crippen molar-refractivity contribution in [2.24, 2.45) is 0 Å². The van der Waals surface area contributed by atoms with Crippen molar-refractivity contribution < 1.29 is 23.9 Å². The van der Waals surface area contributed by atoms with Crippen molar-refractivity contribution in [1.82, 2.24) is 44.4 Å². The Bertz CT molecular complexity index is 2570. The Labute approximate surface area is 376 Å². The second kappa shape index (κ2) is 23.1. The summed E-state index contributed by atoms with van der Waals surface area (Å²) in [5.74, 6) is 0.0383. The summed E-state index contributed by atoms with van der Waals surface area (Å²) in [6.07, 6.45) is 6.47. The van der Waals surface area contributed by atoms with Crippen molar-refractivity contribution in [3.63, 3.8) is 0 Å². The Morgan fingerprint density at radius 3 is 2.25 bits per heavy atom. The summed E-state index contributed by atoms with van der Waals surface area (Å²) in [5.41, 5.74) is 6.79. The van der Waals surface area contributed by atoms with Gasteiger partial charge in [0.05, 0.1) is 45.9 Å². The molecule has 2 aliphatic rings. The van der Waals surface area contributed by atoms with Gasteiger partial charge in [-0.15, -0.1) is 0 Å². The monoisotopic (exact) mass is 896 g/mol. The number of carbonyl (C=O) groups is 3. The number of hydrogen-bond donors (Lipinski definition) is 2. The highest BCUT2D eigenvalue weighted by Gasteiger charge is 2.23. The molecule has 63 heavy (non-hydrogen) atoms. The molecule has 2 aliphatic heterocycles. The molecule has 0 spiro atoms. The number of halogens is 2. The van der Waals surface area contributed by atoms with E-state index in [-0.39, 0.29) is 29.1 Å². The number of aromatic nitrogens is 6. The molecule has 15 nitrogen and oxygen atoms in total. The number of aromatic amines is 1. The molecule has 2 fully saturated rings. The quantitative estimate of drug-likeness (QED) is 0.0945. The van der Waals surface area contributed by atoms with Gasteiger partial charge in [0.1, 0.15) is 28.6 Å². The van der Waals surface area contributed by atoms with Gasteiger partial charge in [0.2, 0.25) is 0 Å². The number of nitrogens with zero attached hydrogens (tertiary/aromatic N) is 8. The van der Waals surface area contributed by atoms with Crippen LogP contribution < -0.4 is 10.2 Å². The molecule has 2 saturated heterocycles. The molecule has 0 radical (unpaired) electrons. The molecule has 0 atom stereocenters. The number of anilines is 1. The summed E-state index contributed by atoms with van der Waals surface area (Å²) in [5, 5.41) is 4.75.